The Hall–Kier alpha value is -3.00. The lowest BCUT2D eigenvalue weighted by Crippen LogP contribution is -2.16. The number of hydrogen-bond acceptors (Lipinski definition) is 1. The van der Waals surface area contributed by atoms with Crippen molar-refractivity contribution >= 4 is 24.7 Å². The zero-order chi connectivity index (χ0) is 18.9. The van der Waals surface area contributed by atoms with Crippen molar-refractivity contribution in [1.82, 2.24) is 0 Å². The smallest absolute Gasteiger partial charge is 0.139 e. The minimum Gasteiger partial charge on any atom is -0.315 e. The van der Waals surface area contributed by atoms with Crippen LogP contribution in [0.4, 0.5) is 11.4 Å². The normalized spacial score (nSPS) is 12.6. The van der Waals surface area contributed by atoms with E-state index in [0.717, 1.165) is 28.2 Å². The number of allylic oxidation sites excluding steroid dienone is 8. The van der Waals surface area contributed by atoms with Crippen molar-refractivity contribution in [1.29, 1.82) is 0 Å². The summed E-state index contributed by atoms with van der Waals surface area (Å²) in [4.78, 5) is 2.27. The number of para-hydroxylation sites is 1. The molecule has 0 bridgehead atoms. The standard InChI is InChI=1S/C24H26BN/c1-5-12-20(6-2)21(7-3)17-19(4)26(23-14-9-8-10-15-23)24-16-11-13-22(25)18-24/h5-18H,1-2,25H2,3-4H3/b19-17+,20-12+,21-7+. The Labute approximate surface area is 158 Å². The molecular formula is C24H26BN. The summed E-state index contributed by atoms with van der Waals surface area (Å²) >= 11 is 0. The first-order valence-electron chi connectivity index (χ1n) is 8.82. The molecule has 0 fully saturated rings. The van der Waals surface area contributed by atoms with Gasteiger partial charge >= 0.3 is 0 Å². The van der Waals surface area contributed by atoms with E-state index in [1.54, 1.807) is 6.08 Å². The van der Waals surface area contributed by atoms with Crippen LogP contribution < -0.4 is 10.4 Å². The van der Waals surface area contributed by atoms with E-state index < -0.39 is 0 Å². The molecule has 0 amide bonds. The summed E-state index contributed by atoms with van der Waals surface area (Å²) in [6, 6.07) is 19.0. The summed E-state index contributed by atoms with van der Waals surface area (Å²) in [5, 5.41) is 0. The molecule has 0 aliphatic carbocycles. The molecular weight excluding hydrogens is 313 g/mol. The first-order valence-corrected chi connectivity index (χ1v) is 8.82. The van der Waals surface area contributed by atoms with Crippen molar-refractivity contribution in [2.45, 2.75) is 13.8 Å². The van der Waals surface area contributed by atoms with Crippen molar-refractivity contribution in [3.05, 3.63) is 115 Å². The predicted octanol–water partition coefficient (Wildman–Crippen LogP) is 5.23. The van der Waals surface area contributed by atoms with Crippen LogP contribution in [0.3, 0.4) is 0 Å². The SMILES string of the molecule is Bc1cccc(N(/C(C)=C/C(=C\C)C(/C=C)=C/C=C)c2ccccc2)c1. The monoisotopic (exact) mass is 339 g/mol. The van der Waals surface area contributed by atoms with Crippen LogP contribution in [0.2, 0.25) is 0 Å². The summed E-state index contributed by atoms with van der Waals surface area (Å²) in [6.45, 7) is 11.9. The zero-order valence-corrected chi connectivity index (χ0v) is 15.9. The highest BCUT2D eigenvalue weighted by Gasteiger charge is 2.12. The lowest BCUT2D eigenvalue weighted by Gasteiger charge is -2.27. The molecule has 0 radical (unpaired) electrons. The van der Waals surface area contributed by atoms with Gasteiger partial charge in [0.05, 0.1) is 0 Å². The topological polar surface area (TPSA) is 3.24 Å². The minimum absolute atomic E-state index is 1.05. The highest BCUT2D eigenvalue weighted by Crippen LogP contribution is 2.30. The van der Waals surface area contributed by atoms with Crippen LogP contribution in [-0.2, 0) is 0 Å². The van der Waals surface area contributed by atoms with Gasteiger partial charge in [0, 0.05) is 17.1 Å². The first kappa shape index (κ1) is 19.3. The Bertz CT molecular complexity index is 857. The van der Waals surface area contributed by atoms with Gasteiger partial charge in [-0.1, -0.05) is 73.3 Å². The van der Waals surface area contributed by atoms with Crippen LogP contribution in [-0.4, -0.2) is 7.85 Å². The van der Waals surface area contributed by atoms with E-state index in [9.17, 15) is 0 Å². The third-order valence-electron chi connectivity index (χ3n) is 4.15. The molecule has 2 aromatic carbocycles. The number of anilines is 2. The molecule has 0 heterocycles. The number of benzene rings is 2. The summed E-state index contributed by atoms with van der Waals surface area (Å²) in [5.74, 6) is 0. The van der Waals surface area contributed by atoms with Gasteiger partial charge in [0.2, 0.25) is 0 Å². The molecule has 0 spiro atoms. The van der Waals surface area contributed by atoms with E-state index in [0.29, 0.717) is 0 Å². The second kappa shape index (κ2) is 9.48. The average molecular weight is 339 g/mol. The maximum atomic E-state index is 3.93. The van der Waals surface area contributed by atoms with Crippen LogP contribution in [0.5, 0.6) is 0 Å². The molecule has 1 nitrogen and oxygen atoms in total. The predicted molar refractivity (Wildman–Crippen MR) is 119 cm³/mol. The fraction of sp³-hybridized carbons (Fsp3) is 0.0833. The van der Waals surface area contributed by atoms with Gasteiger partial charge in [0.25, 0.3) is 0 Å². The zero-order valence-electron chi connectivity index (χ0n) is 15.9. The molecule has 2 rings (SSSR count). The largest absolute Gasteiger partial charge is 0.315 e. The summed E-state index contributed by atoms with van der Waals surface area (Å²) in [7, 11) is 2.12. The van der Waals surface area contributed by atoms with Crippen LogP contribution in [0.15, 0.2) is 115 Å². The third kappa shape index (κ3) is 4.76. The lowest BCUT2D eigenvalue weighted by atomic mass is 9.95. The molecule has 26 heavy (non-hydrogen) atoms. The molecule has 0 aliphatic rings. The van der Waals surface area contributed by atoms with Crippen LogP contribution in [0.1, 0.15) is 13.8 Å². The maximum absolute atomic E-state index is 3.93. The summed E-state index contributed by atoms with van der Waals surface area (Å²) in [6.07, 6.45) is 9.91. The Balaban J connectivity index is 2.56. The van der Waals surface area contributed by atoms with Crippen molar-refractivity contribution in [2.75, 3.05) is 4.90 Å². The quantitative estimate of drug-likeness (QED) is 0.493. The molecule has 0 aliphatic heterocycles. The summed E-state index contributed by atoms with van der Waals surface area (Å²) < 4.78 is 0. The molecule has 0 atom stereocenters. The molecule has 0 saturated heterocycles. The van der Waals surface area contributed by atoms with Gasteiger partial charge in [-0.2, -0.15) is 0 Å². The van der Waals surface area contributed by atoms with Crippen molar-refractivity contribution in [2.24, 2.45) is 0 Å². The third-order valence-corrected chi connectivity index (χ3v) is 4.15. The fourth-order valence-corrected chi connectivity index (χ4v) is 2.93. The molecule has 2 aromatic rings. The van der Waals surface area contributed by atoms with E-state index >= 15 is 0 Å². The maximum Gasteiger partial charge on any atom is 0.139 e. The minimum atomic E-state index is 1.05. The molecule has 0 N–H and O–H groups in total. The van der Waals surface area contributed by atoms with Crippen molar-refractivity contribution in [3.8, 4) is 0 Å². The van der Waals surface area contributed by atoms with Crippen LogP contribution in [0.25, 0.3) is 0 Å². The first-order chi connectivity index (χ1) is 12.6. The second-order valence-electron chi connectivity index (χ2n) is 6.10. The van der Waals surface area contributed by atoms with Gasteiger partial charge in [-0.05, 0) is 55.3 Å². The molecule has 0 aromatic heterocycles. The van der Waals surface area contributed by atoms with E-state index in [1.165, 1.54) is 5.46 Å². The number of nitrogens with zero attached hydrogens (tertiary/aromatic N) is 1. The van der Waals surface area contributed by atoms with Crippen molar-refractivity contribution < 1.29 is 0 Å². The Morgan fingerprint density at radius 2 is 1.65 bits per heavy atom. The highest BCUT2D eigenvalue weighted by atomic mass is 15.1. The Morgan fingerprint density at radius 3 is 2.23 bits per heavy atom. The van der Waals surface area contributed by atoms with Gasteiger partial charge < -0.3 is 4.90 Å². The van der Waals surface area contributed by atoms with Gasteiger partial charge in [-0.15, -0.1) is 0 Å². The second-order valence-corrected chi connectivity index (χ2v) is 6.10. The van der Waals surface area contributed by atoms with E-state index in [4.69, 9.17) is 0 Å². The Kier molecular flexibility index (Phi) is 7.05. The van der Waals surface area contributed by atoms with Crippen molar-refractivity contribution in [3.63, 3.8) is 0 Å². The molecule has 0 unspecified atom stereocenters. The molecule has 130 valence electrons. The van der Waals surface area contributed by atoms with Gasteiger partial charge in [-0.25, -0.2) is 0 Å². The highest BCUT2D eigenvalue weighted by molar-refractivity contribution is 6.32. The molecule has 2 heteroatoms. The Morgan fingerprint density at radius 1 is 0.962 bits per heavy atom. The lowest BCUT2D eigenvalue weighted by molar-refractivity contribution is 1.15. The average Bonchev–Trinajstić information content (AvgIpc) is 2.65. The van der Waals surface area contributed by atoms with Gasteiger partial charge in [0.15, 0.2) is 0 Å². The fourth-order valence-electron chi connectivity index (χ4n) is 2.93. The van der Waals surface area contributed by atoms with Gasteiger partial charge in [0.1, 0.15) is 7.85 Å². The van der Waals surface area contributed by atoms with E-state index in [-0.39, 0.29) is 0 Å². The number of rotatable bonds is 7. The van der Waals surface area contributed by atoms with Crippen LogP contribution >= 0.6 is 0 Å². The van der Waals surface area contributed by atoms with E-state index in [2.05, 4.69) is 93.5 Å². The molecule has 0 saturated carbocycles. The van der Waals surface area contributed by atoms with E-state index in [1.807, 2.05) is 25.1 Å². The van der Waals surface area contributed by atoms with Crippen LogP contribution in [0, 0.1) is 0 Å². The number of hydrogen-bond donors (Lipinski definition) is 0. The summed E-state index contributed by atoms with van der Waals surface area (Å²) in [5.41, 5.74) is 6.82. The van der Waals surface area contributed by atoms with Gasteiger partial charge in [-0.3, -0.25) is 0 Å².